The number of rotatable bonds is 7. The average molecular weight is 497 g/mol. The lowest BCUT2D eigenvalue weighted by molar-refractivity contribution is -0.117. The highest BCUT2D eigenvalue weighted by atomic mass is 35.5. The van der Waals surface area contributed by atoms with Crippen molar-refractivity contribution in [2.75, 3.05) is 49.5 Å². The number of amides is 2. The fourth-order valence-corrected chi connectivity index (χ4v) is 6.95. The van der Waals surface area contributed by atoms with E-state index in [9.17, 15) is 18.0 Å². The van der Waals surface area contributed by atoms with Crippen molar-refractivity contribution in [1.29, 1.82) is 0 Å². The van der Waals surface area contributed by atoms with E-state index in [0.717, 1.165) is 30.0 Å². The molecule has 11 heteroatoms. The number of hydrogen-bond acceptors (Lipinski definition) is 6. The summed E-state index contributed by atoms with van der Waals surface area (Å²) in [5, 5.41) is 2.88. The average Bonchev–Trinajstić information content (AvgIpc) is 3.42. The van der Waals surface area contributed by atoms with Crippen molar-refractivity contribution in [3.63, 3.8) is 0 Å². The second kappa shape index (κ2) is 9.88. The van der Waals surface area contributed by atoms with Gasteiger partial charge in [-0.2, -0.15) is 4.31 Å². The highest BCUT2D eigenvalue weighted by molar-refractivity contribution is 7.91. The summed E-state index contributed by atoms with van der Waals surface area (Å²) >= 11 is 6.94. The molecule has 0 atom stereocenters. The van der Waals surface area contributed by atoms with Gasteiger partial charge in [-0.3, -0.25) is 9.59 Å². The van der Waals surface area contributed by atoms with E-state index in [0.29, 0.717) is 55.6 Å². The van der Waals surface area contributed by atoms with E-state index in [1.807, 2.05) is 12.1 Å². The molecule has 2 fully saturated rings. The van der Waals surface area contributed by atoms with Gasteiger partial charge in [-0.1, -0.05) is 11.6 Å². The van der Waals surface area contributed by atoms with Crippen LogP contribution in [-0.2, 0) is 19.6 Å². The molecule has 2 saturated heterocycles. The number of benzene rings is 1. The van der Waals surface area contributed by atoms with Gasteiger partial charge in [-0.25, -0.2) is 8.42 Å². The van der Waals surface area contributed by atoms with E-state index in [-0.39, 0.29) is 16.0 Å². The number of sulfonamides is 1. The number of piperazine rings is 1. The second-order valence-corrected chi connectivity index (χ2v) is 11.7. The van der Waals surface area contributed by atoms with Crippen LogP contribution in [0.2, 0.25) is 4.34 Å². The van der Waals surface area contributed by atoms with Crippen molar-refractivity contribution in [2.24, 2.45) is 0 Å². The van der Waals surface area contributed by atoms with Gasteiger partial charge in [-0.05, 0) is 42.8 Å². The number of hydrogen-bond donors (Lipinski definition) is 1. The molecular formula is C21H25ClN4O4S2. The van der Waals surface area contributed by atoms with Gasteiger partial charge in [0.05, 0.1) is 4.34 Å². The fourth-order valence-electron chi connectivity index (χ4n) is 3.89. The maximum absolute atomic E-state index is 12.7. The van der Waals surface area contributed by atoms with Crippen molar-refractivity contribution < 1.29 is 18.0 Å². The largest absolute Gasteiger partial charge is 0.326 e. The number of carbonyl (C=O) groups is 2. The Bertz CT molecular complexity index is 1080. The van der Waals surface area contributed by atoms with Crippen LogP contribution in [0.25, 0.3) is 0 Å². The van der Waals surface area contributed by atoms with Gasteiger partial charge in [0.1, 0.15) is 4.21 Å². The molecule has 4 rings (SSSR count). The first-order chi connectivity index (χ1) is 15.3. The van der Waals surface area contributed by atoms with Crippen LogP contribution in [0.3, 0.4) is 0 Å². The Balaban J connectivity index is 1.22. The first-order valence-electron chi connectivity index (χ1n) is 10.5. The van der Waals surface area contributed by atoms with E-state index in [1.165, 1.54) is 10.4 Å². The zero-order valence-electron chi connectivity index (χ0n) is 17.5. The lowest BCUT2D eigenvalue weighted by Crippen LogP contribution is -2.48. The Kier molecular flexibility index (Phi) is 7.16. The van der Waals surface area contributed by atoms with Crippen LogP contribution in [0.1, 0.15) is 19.3 Å². The lowest BCUT2D eigenvalue weighted by atomic mass is 10.2. The summed E-state index contributed by atoms with van der Waals surface area (Å²) in [5.41, 5.74) is 1.54. The monoisotopic (exact) mass is 496 g/mol. The van der Waals surface area contributed by atoms with Gasteiger partial charge < -0.3 is 15.1 Å². The van der Waals surface area contributed by atoms with Crippen LogP contribution < -0.4 is 10.2 Å². The molecule has 2 aliphatic heterocycles. The minimum atomic E-state index is -3.51. The topological polar surface area (TPSA) is 90.0 Å². The molecule has 0 radical (unpaired) electrons. The molecule has 0 unspecified atom stereocenters. The van der Waals surface area contributed by atoms with E-state index in [1.54, 1.807) is 23.1 Å². The molecule has 3 heterocycles. The maximum Gasteiger partial charge on any atom is 0.252 e. The molecule has 2 aliphatic rings. The van der Waals surface area contributed by atoms with Crippen molar-refractivity contribution in [3.8, 4) is 0 Å². The fraction of sp³-hybridized carbons (Fsp3) is 0.429. The molecule has 0 bridgehead atoms. The van der Waals surface area contributed by atoms with Crippen LogP contribution in [0.15, 0.2) is 40.6 Å². The van der Waals surface area contributed by atoms with E-state index >= 15 is 0 Å². The highest BCUT2D eigenvalue weighted by Crippen LogP contribution is 2.28. The van der Waals surface area contributed by atoms with Gasteiger partial charge >= 0.3 is 0 Å². The van der Waals surface area contributed by atoms with Crippen molar-refractivity contribution in [1.82, 2.24) is 9.21 Å². The lowest BCUT2D eigenvalue weighted by Gasteiger charge is -2.33. The molecule has 1 aromatic heterocycles. The minimum absolute atomic E-state index is 0.0988. The molecule has 0 aliphatic carbocycles. The molecular weight excluding hydrogens is 472 g/mol. The SMILES string of the molecule is O=C(CCN1CCN(S(=O)(=O)c2ccc(Cl)s2)CC1)Nc1ccc(N2CCCC2=O)cc1. The van der Waals surface area contributed by atoms with E-state index in [2.05, 4.69) is 10.2 Å². The highest BCUT2D eigenvalue weighted by Gasteiger charge is 2.29. The molecule has 1 aromatic carbocycles. The Labute approximate surface area is 196 Å². The Morgan fingerprint density at radius 2 is 1.75 bits per heavy atom. The number of nitrogens with one attached hydrogen (secondary N) is 1. The summed E-state index contributed by atoms with van der Waals surface area (Å²) in [6, 6.07) is 10.4. The van der Waals surface area contributed by atoms with Gasteiger partial charge in [0, 0.05) is 63.5 Å². The van der Waals surface area contributed by atoms with Gasteiger partial charge in [-0.15, -0.1) is 11.3 Å². The van der Waals surface area contributed by atoms with Crippen LogP contribution in [0.5, 0.6) is 0 Å². The summed E-state index contributed by atoms with van der Waals surface area (Å²) in [6.45, 7) is 3.21. The smallest absolute Gasteiger partial charge is 0.252 e. The molecule has 2 amide bonds. The number of nitrogens with zero attached hydrogens (tertiary/aromatic N) is 3. The number of thiophene rings is 1. The molecule has 2 aromatic rings. The number of carbonyl (C=O) groups excluding carboxylic acids is 2. The quantitative estimate of drug-likeness (QED) is 0.636. The second-order valence-electron chi connectivity index (χ2n) is 7.80. The Morgan fingerprint density at radius 3 is 2.34 bits per heavy atom. The van der Waals surface area contributed by atoms with E-state index < -0.39 is 10.0 Å². The maximum atomic E-state index is 12.7. The zero-order chi connectivity index (χ0) is 22.7. The summed E-state index contributed by atoms with van der Waals surface area (Å²) < 4.78 is 27.5. The normalized spacial score (nSPS) is 18.3. The molecule has 1 N–H and O–H groups in total. The molecule has 172 valence electrons. The van der Waals surface area contributed by atoms with Gasteiger partial charge in [0.15, 0.2) is 0 Å². The Hall–Kier alpha value is -1.98. The summed E-state index contributed by atoms with van der Waals surface area (Å²) in [4.78, 5) is 28.0. The van der Waals surface area contributed by atoms with Crippen LogP contribution in [0.4, 0.5) is 11.4 Å². The van der Waals surface area contributed by atoms with Crippen molar-refractivity contribution in [3.05, 3.63) is 40.7 Å². The molecule has 0 saturated carbocycles. The van der Waals surface area contributed by atoms with Crippen molar-refractivity contribution in [2.45, 2.75) is 23.5 Å². The Morgan fingerprint density at radius 1 is 1.03 bits per heavy atom. The van der Waals surface area contributed by atoms with Crippen LogP contribution in [-0.4, -0.2) is 68.7 Å². The minimum Gasteiger partial charge on any atom is -0.326 e. The first kappa shape index (κ1) is 23.2. The third kappa shape index (κ3) is 5.32. The summed E-state index contributed by atoms with van der Waals surface area (Å²) in [5.74, 6) is 0.0344. The molecule has 8 nitrogen and oxygen atoms in total. The predicted octanol–water partition coefficient (Wildman–Crippen LogP) is 2.86. The first-order valence-corrected chi connectivity index (χ1v) is 13.1. The molecule has 32 heavy (non-hydrogen) atoms. The third-order valence-corrected chi connectivity index (χ3v) is 9.26. The third-order valence-electron chi connectivity index (χ3n) is 5.67. The van der Waals surface area contributed by atoms with Crippen molar-refractivity contribution >= 4 is 56.2 Å². The zero-order valence-corrected chi connectivity index (χ0v) is 19.9. The predicted molar refractivity (Wildman–Crippen MR) is 126 cm³/mol. The van der Waals surface area contributed by atoms with Gasteiger partial charge in [0.25, 0.3) is 10.0 Å². The number of halogens is 1. The van der Waals surface area contributed by atoms with Crippen LogP contribution in [0, 0.1) is 0 Å². The number of anilines is 2. The summed E-state index contributed by atoms with van der Waals surface area (Å²) in [7, 11) is -3.51. The standard InChI is InChI=1S/C21H25ClN4O4S2/c22-18-7-8-21(31-18)32(29,30)25-14-12-24(13-15-25)11-9-19(27)23-16-3-5-17(6-4-16)26-10-1-2-20(26)28/h3-8H,1-2,9-15H2,(H,23,27). The molecule has 0 spiro atoms. The summed E-state index contributed by atoms with van der Waals surface area (Å²) in [6.07, 6.45) is 1.78. The van der Waals surface area contributed by atoms with E-state index in [4.69, 9.17) is 11.6 Å². The van der Waals surface area contributed by atoms with Gasteiger partial charge in [0.2, 0.25) is 11.8 Å². The van der Waals surface area contributed by atoms with Crippen LogP contribution >= 0.6 is 22.9 Å².